The number of para-hydroxylation sites is 1. The lowest BCUT2D eigenvalue weighted by Gasteiger charge is -2.21. The van der Waals surface area contributed by atoms with Gasteiger partial charge in [-0.2, -0.15) is 0 Å². The Hall–Kier alpha value is -1.90. The number of carbonyl (C=O) groups excluding carboxylic acids is 1. The molecule has 1 aliphatic rings. The highest BCUT2D eigenvalue weighted by atomic mass is 32.2. The third-order valence-corrected chi connectivity index (χ3v) is 9.29. The molecule has 1 saturated carbocycles. The second-order valence-electron chi connectivity index (χ2n) is 8.71. The molecular formula is C24H34N2O4S2. The van der Waals surface area contributed by atoms with Gasteiger partial charge < -0.3 is 10.1 Å². The highest BCUT2D eigenvalue weighted by Gasteiger charge is 2.24. The van der Waals surface area contributed by atoms with Crippen molar-refractivity contribution in [2.45, 2.75) is 75.6 Å². The number of aryl methyl sites for hydroxylation is 1. The molecule has 6 nitrogen and oxygen atoms in total. The maximum atomic E-state index is 13.1. The highest BCUT2D eigenvalue weighted by molar-refractivity contribution is 7.94. The number of nitrogens with one attached hydrogen (secondary N) is 2. The molecule has 2 N–H and O–H groups in total. The van der Waals surface area contributed by atoms with Crippen LogP contribution in [-0.4, -0.2) is 27.5 Å². The lowest BCUT2D eigenvalue weighted by molar-refractivity contribution is 0.0606. The number of hydrogen-bond acceptors (Lipinski definition) is 6. The van der Waals surface area contributed by atoms with Crippen LogP contribution in [0.25, 0.3) is 0 Å². The summed E-state index contributed by atoms with van der Waals surface area (Å²) in [5, 5.41) is 3.58. The molecule has 1 atom stereocenters. The van der Waals surface area contributed by atoms with Crippen LogP contribution < -0.4 is 10.0 Å². The Bertz CT molecular complexity index is 1010. The van der Waals surface area contributed by atoms with E-state index in [1.165, 1.54) is 45.6 Å². The van der Waals surface area contributed by atoms with Crippen LogP contribution in [0.3, 0.4) is 0 Å². The summed E-state index contributed by atoms with van der Waals surface area (Å²) in [6.45, 7) is 4.48. The van der Waals surface area contributed by atoms with Gasteiger partial charge in [-0.15, -0.1) is 11.3 Å². The van der Waals surface area contributed by atoms with E-state index in [1.807, 2.05) is 18.2 Å². The maximum absolute atomic E-state index is 13.1. The van der Waals surface area contributed by atoms with Crippen LogP contribution in [0.15, 0.2) is 34.5 Å². The lowest BCUT2D eigenvalue weighted by Crippen LogP contribution is -2.28. The number of sulfonamides is 1. The minimum absolute atomic E-state index is 0.127. The minimum atomic E-state index is -3.82. The molecule has 1 fully saturated rings. The predicted octanol–water partition coefficient (Wildman–Crippen LogP) is 5.48. The minimum Gasteiger partial charge on any atom is -0.465 e. The van der Waals surface area contributed by atoms with Crippen molar-refractivity contribution in [3.05, 3.63) is 46.3 Å². The number of ether oxygens (including phenoxy) is 1. The first-order valence-corrected chi connectivity index (χ1v) is 13.6. The number of hydrogen-bond donors (Lipinski definition) is 2. The van der Waals surface area contributed by atoms with Crippen LogP contribution in [0.5, 0.6) is 0 Å². The fraction of sp³-hybridized carbons (Fsp3) is 0.542. The molecule has 3 rings (SSSR count). The molecule has 32 heavy (non-hydrogen) atoms. The highest BCUT2D eigenvalue weighted by Crippen LogP contribution is 2.30. The average molecular weight is 479 g/mol. The number of rotatable bonds is 9. The van der Waals surface area contributed by atoms with Gasteiger partial charge >= 0.3 is 5.97 Å². The second kappa shape index (κ2) is 11.3. The van der Waals surface area contributed by atoms with Crippen LogP contribution in [0, 0.1) is 12.8 Å². The lowest BCUT2D eigenvalue weighted by atomic mass is 9.93. The normalized spacial score (nSPS) is 16.3. The zero-order chi connectivity index (χ0) is 23.1. The molecule has 0 bridgehead atoms. The first kappa shape index (κ1) is 24.7. The summed E-state index contributed by atoms with van der Waals surface area (Å²) in [4.78, 5) is 12.1. The van der Waals surface area contributed by atoms with Crippen molar-refractivity contribution >= 4 is 33.0 Å². The SMILES string of the molecule is COC(=O)c1cc(C)c(S(=O)(=O)Nc2ccccc2CN[C@@H](C)CC2CCCCCC2)s1. The van der Waals surface area contributed by atoms with Gasteiger partial charge in [-0.05, 0) is 49.4 Å². The Labute approximate surface area is 195 Å². The van der Waals surface area contributed by atoms with E-state index in [2.05, 4.69) is 17.0 Å². The monoisotopic (exact) mass is 478 g/mol. The zero-order valence-electron chi connectivity index (χ0n) is 19.1. The van der Waals surface area contributed by atoms with E-state index in [9.17, 15) is 13.2 Å². The number of carbonyl (C=O) groups is 1. The van der Waals surface area contributed by atoms with Crippen LogP contribution in [0.4, 0.5) is 5.69 Å². The largest absolute Gasteiger partial charge is 0.465 e. The van der Waals surface area contributed by atoms with Crippen LogP contribution in [0.1, 0.15) is 72.7 Å². The van der Waals surface area contributed by atoms with Gasteiger partial charge in [0.25, 0.3) is 10.0 Å². The topological polar surface area (TPSA) is 84.5 Å². The molecule has 0 saturated heterocycles. The molecular weight excluding hydrogens is 444 g/mol. The third-order valence-electron chi connectivity index (χ3n) is 6.07. The standard InChI is InChI=1S/C24H34N2O4S2/c1-17-14-22(23(27)30-3)31-24(17)32(28,29)26-21-13-9-8-12-20(21)16-25-18(2)15-19-10-6-4-5-7-11-19/h8-9,12-14,18-19,25-26H,4-7,10-11,15-16H2,1-3H3/t18-/m0/s1. The summed E-state index contributed by atoms with van der Waals surface area (Å²) in [7, 11) is -2.54. The summed E-state index contributed by atoms with van der Waals surface area (Å²) in [5.74, 6) is 0.242. The molecule has 8 heteroatoms. The molecule has 0 amide bonds. The average Bonchev–Trinajstić information content (AvgIpc) is 2.99. The summed E-state index contributed by atoms with van der Waals surface area (Å²) in [6, 6.07) is 9.35. The van der Waals surface area contributed by atoms with Gasteiger partial charge in [-0.3, -0.25) is 4.72 Å². The van der Waals surface area contributed by atoms with Gasteiger partial charge in [0.2, 0.25) is 0 Å². The summed E-state index contributed by atoms with van der Waals surface area (Å²) >= 11 is 0.923. The van der Waals surface area contributed by atoms with Gasteiger partial charge in [0.15, 0.2) is 0 Å². The first-order chi connectivity index (χ1) is 15.3. The van der Waals surface area contributed by atoms with E-state index in [-0.39, 0.29) is 9.09 Å². The number of anilines is 1. The molecule has 176 valence electrons. The fourth-order valence-electron chi connectivity index (χ4n) is 4.37. The molecule has 1 aromatic heterocycles. The number of esters is 1. The van der Waals surface area contributed by atoms with E-state index >= 15 is 0 Å². The Balaban J connectivity index is 1.67. The van der Waals surface area contributed by atoms with Crippen LogP contribution in [-0.2, 0) is 21.3 Å². The molecule has 0 spiro atoms. The van der Waals surface area contributed by atoms with E-state index in [0.717, 1.165) is 29.2 Å². The van der Waals surface area contributed by atoms with Crippen LogP contribution in [0.2, 0.25) is 0 Å². The summed E-state index contributed by atoms with van der Waals surface area (Å²) in [5.41, 5.74) is 1.97. The Morgan fingerprint density at radius 2 is 1.88 bits per heavy atom. The molecule has 2 aromatic rings. The van der Waals surface area contributed by atoms with Gasteiger partial charge in [-0.1, -0.05) is 56.7 Å². The van der Waals surface area contributed by atoms with Crippen molar-refractivity contribution in [2.75, 3.05) is 11.8 Å². The predicted molar refractivity (Wildman–Crippen MR) is 130 cm³/mol. The zero-order valence-corrected chi connectivity index (χ0v) is 20.8. The second-order valence-corrected chi connectivity index (χ2v) is 11.6. The fourth-order valence-corrected chi connectivity index (χ4v) is 7.08. The Kier molecular flexibility index (Phi) is 8.73. The van der Waals surface area contributed by atoms with Crippen molar-refractivity contribution in [1.82, 2.24) is 5.32 Å². The molecule has 0 radical (unpaired) electrons. The Morgan fingerprint density at radius 1 is 1.19 bits per heavy atom. The van der Waals surface area contributed by atoms with Gasteiger partial charge in [-0.25, -0.2) is 13.2 Å². The van der Waals surface area contributed by atoms with Gasteiger partial charge in [0.1, 0.15) is 9.09 Å². The maximum Gasteiger partial charge on any atom is 0.348 e. The van der Waals surface area contributed by atoms with Crippen molar-refractivity contribution in [3.63, 3.8) is 0 Å². The summed E-state index contributed by atoms with van der Waals surface area (Å²) < 4.78 is 33.7. The van der Waals surface area contributed by atoms with Gasteiger partial charge in [0, 0.05) is 12.6 Å². The molecule has 1 heterocycles. The van der Waals surface area contributed by atoms with Crippen molar-refractivity contribution < 1.29 is 17.9 Å². The number of thiophene rings is 1. The van der Waals surface area contributed by atoms with Crippen molar-refractivity contribution in [2.24, 2.45) is 5.92 Å². The quantitative estimate of drug-likeness (QED) is 0.368. The van der Waals surface area contributed by atoms with Crippen molar-refractivity contribution in [3.8, 4) is 0 Å². The number of benzene rings is 1. The van der Waals surface area contributed by atoms with E-state index in [4.69, 9.17) is 4.74 Å². The molecule has 0 unspecified atom stereocenters. The first-order valence-electron chi connectivity index (χ1n) is 11.3. The number of methoxy groups -OCH3 is 1. The molecule has 1 aliphatic carbocycles. The summed E-state index contributed by atoms with van der Waals surface area (Å²) in [6.07, 6.45) is 9.17. The van der Waals surface area contributed by atoms with Crippen LogP contribution >= 0.6 is 11.3 Å². The van der Waals surface area contributed by atoms with Gasteiger partial charge in [0.05, 0.1) is 12.8 Å². The molecule has 1 aromatic carbocycles. The van der Waals surface area contributed by atoms with E-state index < -0.39 is 16.0 Å². The van der Waals surface area contributed by atoms with E-state index in [0.29, 0.717) is 23.8 Å². The smallest absolute Gasteiger partial charge is 0.348 e. The van der Waals surface area contributed by atoms with Crippen molar-refractivity contribution in [1.29, 1.82) is 0 Å². The Morgan fingerprint density at radius 3 is 2.56 bits per heavy atom. The molecule has 0 aliphatic heterocycles. The van der Waals surface area contributed by atoms with E-state index in [1.54, 1.807) is 19.1 Å². The third kappa shape index (κ3) is 6.56.